The molecule has 5 heteroatoms. The normalized spacial score (nSPS) is 12.0. The maximum atomic E-state index is 12.4. The molecule has 1 aromatic carbocycles. The number of hydrogen-bond donors (Lipinski definition) is 3. The molecule has 0 saturated heterocycles. The zero-order valence-corrected chi connectivity index (χ0v) is 14.6. The minimum atomic E-state index is -0.534. The molecule has 1 aromatic rings. The van der Waals surface area contributed by atoms with Crippen LogP contribution in [0.5, 0.6) is 0 Å². The van der Waals surface area contributed by atoms with E-state index in [1.165, 1.54) is 0 Å². The smallest absolute Gasteiger partial charge is 0.252 e. The Balaban J connectivity index is 2.59. The summed E-state index contributed by atoms with van der Waals surface area (Å²) in [4.78, 5) is 24.7. The number of carbonyl (C=O) groups is 2. The summed E-state index contributed by atoms with van der Waals surface area (Å²) >= 11 is 0. The van der Waals surface area contributed by atoms with Crippen LogP contribution in [0.3, 0.4) is 0 Å². The monoisotopic (exact) mass is 319 g/mol. The van der Waals surface area contributed by atoms with E-state index in [1.807, 2.05) is 39.0 Å². The van der Waals surface area contributed by atoms with Gasteiger partial charge >= 0.3 is 0 Å². The molecule has 0 aliphatic carbocycles. The predicted octanol–water partition coefficient (Wildman–Crippen LogP) is 1.87. The molecule has 0 bridgehead atoms. The van der Waals surface area contributed by atoms with Crippen molar-refractivity contribution in [2.45, 2.75) is 40.2 Å². The number of rotatable bonds is 9. The summed E-state index contributed by atoms with van der Waals surface area (Å²) in [5, 5.41) is 8.96. The summed E-state index contributed by atoms with van der Waals surface area (Å²) in [5.41, 5.74) is 1.51. The first kappa shape index (κ1) is 19.2. The molecule has 1 unspecified atom stereocenters. The molecule has 0 aromatic heterocycles. The van der Waals surface area contributed by atoms with Gasteiger partial charge in [-0.3, -0.25) is 9.59 Å². The summed E-state index contributed by atoms with van der Waals surface area (Å²) in [7, 11) is 0. The summed E-state index contributed by atoms with van der Waals surface area (Å²) in [5.74, 6) is -0.326. The first-order valence-corrected chi connectivity index (χ1v) is 8.32. The molecule has 5 nitrogen and oxygen atoms in total. The van der Waals surface area contributed by atoms with Crippen LogP contribution < -0.4 is 16.0 Å². The summed E-state index contributed by atoms with van der Waals surface area (Å²) in [6, 6.07) is 6.84. The number of aryl methyl sites for hydroxylation is 1. The van der Waals surface area contributed by atoms with Crippen LogP contribution in [0.4, 0.5) is 0 Å². The van der Waals surface area contributed by atoms with Crippen LogP contribution in [0.25, 0.3) is 0 Å². The van der Waals surface area contributed by atoms with Crippen molar-refractivity contribution in [3.8, 4) is 0 Å². The Bertz CT molecular complexity index is 515. The van der Waals surface area contributed by atoms with Gasteiger partial charge in [-0.25, -0.2) is 0 Å². The Hall–Kier alpha value is -1.88. The van der Waals surface area contributed by atoms with Gasteiger partial charge in [0.05, 0.1) is 0 Å². The lowest BCUT2D eigenvalue weighted by atomic mass is 10.0. The standard InChI is InChI=1S/C18H29N3O2/c1-5-10-19-11-12-20-18(23)16(13(2)3)21-17(22)15-9-7-6-8-14(15)4/h6-9,13,16,19H,5,10-12H2,1-4H3,(H,20,23)(H,21,22). The lowest BCUT2D eigenvalue weighted by Gasteiger charge is -2.22. The number of nitrogens with one attached hydrogen (secondary N) is 3. The van der Waals surface area contributed by atoms with Crippen molar-refractivity contribution in [2.24, 2.45) is 5.92 Å². The molecule has 128 valence electrons. The van der Waals surface area contributed by atoms with Crippen molar-refractivity contribution in [1.82, 2.24) is 16.0 Å². The Labute approximate surface area is 139 Å². The summed E-state index contributed by atoms with van der Waals surface area (Å²) in [6.07, 6.45) is 1.06. The number of amides is 2. The minimum Gasteiger partial charge on any atom is -0.353 e. The maximum absolute atomic E-state index is 12.4. The minimum absolute atomic E-state index is 0.0200. The van der Waals surface area contributed by atoms with Crippen molar-refractivity contribution < 1.29 is 9.59 Å². The number of hydrogen-bond acceptors (Lipinski definition) is 3. The van der Waals surface area contributed by atoms with Crippen molar-refractivity contribution in [1.29, 1.82) is 0 Å². The van der Waals surface area contributed by atoms with Crippen LogP contribution in [0.15, 0.2) is 24.3 Å². The van der Waals surface area contributed by atoms with E-state index in [0.717, 1.165) is 25.1 Å². The fourth-order valence-electron chi connectivity index (χ4n) is 2.27. The number of carbonyl (C=O) groups excluding carboxylic acids is 2. The second-order valence-corrected chi connectivity index (χ2v) is 6.05. The predicted molar refractivity (Wildman–Crippen MR) is 93.4 cm³/mol. The first-order valence-electron chi connectivity index (χ1n) is 8.32. The fraction of sp³-hybridized carbons (Fsp3) is 0.556. The van der Waals surface area contributed by atoms with Gasteiger partial charge in [0.1, 0.15) is 6.04 Å². The third-order valence-corrected chi connectivity index (χ3v) is 3.65. The quantitative estimate of drug-likeness (QED) is 0.609. The summed E-state index contributed by atoms with van der Waals surface area (Å²) in [6.45, 7) is 10.1. The third-order valence-electron chi connectivity index (χ3n) is 3.65. The Morgan fingerprint density at radius 2 is 1.78 bits per heavy atom. The van der Waals surface area contributed by atoms with Crippen molar-refractivity contribution in [3.05, 3.63) is 35.4 Å². The SMILES string of the molecule is CCCNCCNC(=O)C(NC(=O)c1ccccc1C)C(C)C. The van der Waals surface area contributed by atoms with Gasteiger partial charge in [-0.15, -0.1) is 0 Å². The van der Waals surface area contributed by atoms with Crippen molar-refractivity contribution in [2.75, 3.05) is 19.6 Å². The van der Waals surface area contributed by atoms with Gasteiger partial charge in [0.15, 0.2) is 0 Å². The second kappa shape index (κ2) is 10.0. The van der Waals surface area contributed by atoms with E-state index in [1.54, 1.807) is 6.07 Å². The zero-order chi connectivity index (χ0) is 17.2. The van der Waals surface area contributed by atoms with Crippen LogP contribution in [0.2, 0.25) is 0 Å². The number of benzene rings is 1. The van der Waals surface area contributed by atoms with Crippen LogP contribution in [-0.2, 0) is 4.79 Å². The first-order chi connectivity index (χ1) is 11.0. The molecular weight excluding hydrogens is 290 g/mol. The Morgan fingerprint density at radius 1 is 1.09 bits per heavy atom. The van der Waals surface area contributed by atoms with Crippen LogP contribution in [0.1, 0.15) is 43.1 Å². The van der Waals surface area contributed by atoms with Gasteiger partial charge in [0.2, 0.25) is 5.91 Å². The molecule has 2 amide bonds. The molecular formula is C18H29N3O2. The largest absolute Gasteiger partial charge is 0.353 e. The Kier molecular flexibility index (Phi) is 8.33. The van der Waals surface area contributed by atoms with E-state index in [9.17, 15) is 9.59 Å². The van der Waals surface area contributed by atoms with E-state index >= 15 is 0 Å². The maximum Gasteiger partial charge on any atom is 0.252 e. The second-order valence-electron chi connectivity index (χ2n) is 6.05. The van der Waals surface area contributed by atoms with Crippen LogP contribution in [-0.4, -0.2) is 37.5 Å². The van der Waals surface area contributed by atoms with E-state index in [4.69, 9.17) is 0 Å². The fourth-order valence-corrected chi connectivity index (χ4v) is 2.27. The lowest BCUT2D eigenvalue weighted by Crippen LogP contribution is -2.50. The highest BCUT2D eigenvalue weighted by Crippen LogP contribution is 2.09. The average Bonchev–Trinajstić information content (AvgIpc) is 2.52. The molecule has 0 aliphatic heterocycles. The molecule has 23 heavy (non-hydrogen) atoms. The third kappa shape index (κ3) is 6.40. The molecule has 0 saturated carbocycles. The molecule has 0 fully saturated rings. The van der Waals surface area contributed by atoms with E-state index in [0.29, 0.717) is 12.1 Å². The lowest BCUT2D eigenvalue weighted by molar-refractivity contribution is -0.123. The Morgan fingerprint density at radius 3 is 2.39 bits per heavy atom. The van der Waals surface area contributed by atoms with Crippen LogP contribution in [0, 0.1) is 12.8 Å². The van der Waals surface area contributed by atoms with Gasteiger partial charge in [0.25, 0.3) is 5.91 Å². The van der Waals surface area contributed by atoms with E-state index < -0.39 is 6.04 Å². The van der Waals surface area contributed by atoms with E-state index in [-0.39, 0.29) is 17.7 Å². The molecule has 1 rings (SSSR count). The van der Waals surface area contributed by atoms with Crippen molar-refractivity contribution >= 4 is 11.8 Å². The molecule has 0 heterocycles. The molecule has 0 aliphatic rings. The molecule has 0 spiro atoms. The highest BCUT2D eigenvalue weighted by Gasteiger charge is 2.24. The highest BCUT2D eigenvalue weighted by atomic mass is 16.2. The summed E-state index contributed by atoms with van der Waals surface area (Å²) < 4.78 is 0. The van der Waals surface area contributed by atoms with Gasteiger partial charge in [-0.05, 0) is 37.4 Å². The van der Waals surface area contributed by atoms with Gasteiger partial charge in [-0.1, -0.05) is 39.0 Å². The van der Waals surface area contributed by atoms with Crippen molar-refractivity contribution in [3.63, 3.8) is 0 Å². The molecule has 1 atom stereocenters. The average molecular weight is 319 g/mol. The van der Waals surface area contributed by atoms with E-state index in [2.05, 4.69) is 22.9 Å². The van der Waals surface area contributed by atoms with Crippen LogP contribution >= 0.6 is 0 Å². The molecule has 0 radical (unpaired) electrons. The highest BCUT2D eigenvalue weighted by molar-refractivity contribution is 5.98. The zero-order valence-electron chi connectivity index (χ0n) is 14.6. The topological polar surface area (TPSA) is 70.2 Å². The van der Waals surface area contributed by atoms with Gasteiger partial charge < -0.3 is 16.0 Å². The van der Waals surface area contributed by atoms with Gasteiger partial charge in [-0.2, -0.15) is 0 Å². The molecule has 3 N–H and O–H groups in total. The van der Waals surface area contributed by atoms with Gasteiger partial charge in [0, 0.05) is 18.7 Å².